The van der Waals surface area contributed by atoms with Crippen molar-refractivity contribution in [3.05, 3.63) is 57.8 Å². The van der Waals surface area contributed by atoms with E-state index in [9.17, 15) is 14.4 Å². The fraction of sp³-hybridized carbons (Fsp3) is 0.458. The number of ether oxygens (including phenoxy) is 1. The van der Waals surface area contributed by atoms with Gasteiger partial charge in [-0.2, -0.15) is 0 Å². The molecule has 1 fully saturated rings. The minimum Gasteiger partial charge on any atom is -0.382 e. The predicted molar refractivity (Wildman–Crippen MR) is 124 cm³/mol. The molecule has 32 heavy (non-hydrogen) atoms. The van der Waals surface area contributed by atoms with E-state index in [1.165, 1.54) is 11.3 Å². The molecule has 3 amide bonds. The van der Waals surface area contributed by atoms with E-state index in [4.69, 9.17) is 4.74 Å². The van der Waals surface area contributed by atoms with Gasteiger partial charge in [-0.05, 0) is 43.7 Å². The van der Waals surface area contributed by atoms with Gasteiger partial charge in [0, 0.05) is 31.1 Å². The van der Waals surface area contributed by atoms with Crippen molar-refractivity contribution in [3.8, 4) is 0 Å². The first-order chi connectivity index (χ1) is 15.5. The molecular weight excluding hydrogens is 426 g/mol. The van der Waals surface area contributed by atoms with Crippen LogP contribution in [0.3, 0.4) is 0 Å². The lowest BCUT2D eigenvalue weighted by atomic mass is 10.0. The van der Waals surface area contributed by atoms with E-state index in [0.29, 0.717) is 45.6 Å². The second kappa shape index (κ2) is 11.8. The third-order valence-corrected chi connectivity index (χ3v) is 6.27. The Hall–Kier alpha value is -2.71. The van der Waals surface area contributed by atoms with Gasteiger partial charge in [0.25, 0.3) is 0 Å². The Morgan fingerprint density at radius 3 is 2.69 bits per heavy atom. The summed E-state index contributed by atoms with van der Waals surface area (Å²) >= 11 is 1.54. The highest BCUT2D eigenvalue weighted by atomic mass is 32.1. The van der Waals surface area contributed by atoms with Crippen LogP contribution in [-0.4, -0.2) is 48.4 Å². The van der Waals surface area contributed by atoms with Crippen molar-refractivity contribution in [1.82, 2.24) is 15.5 Å². The van der Waals surface area contributed by atoms with Crippen molar-refractivity contribution in [2.75, 3.05) is 19.8 Å². The number of benzene rings is 1. The fourth-order valence-corrected chi connectivity index (χ4v) is 4.42. The second-order valence-corrected chi connectivity index (χ2v) is 8.89. The Labute approximate surface area is 193 Å². The van der Waals surface area contributed by atoms with Crippen LogP contribution < -0.4 is 10.6 Å². The molecule has 2 heterocycles. The number of nitrogens with zero attached hydrogens (tertiary/aromatic N) is 1. The summed E-state index contributed by atoms with van der Waals surface area (Å²) in [5.41, 5.74) is 1.82. The number of carbonyl (C=O) groups excluding carboxylic acids is 3. The highest BCUT2D eigenvalue weighted by Crippen LogP contribution is 2.27. The number of aryl methyl sites for hydroxylation is 1. The van der Waals surface area contributed by atoms with Crippen LogP contribution in [0.25, 0.3) is 0 Å². The molecule has 1 aromatic carbocycles. The molecule has 2 atom stereocenters. The Kier molecular flexibility index (Phi) is 8.81. The number of nitrogens with one attached hydrogen (secondary N) is 2. The predicted octanol–water partition coefficient (Wildman–Crippen LogP) is 2.95. The van der Waals surface area contributed by atoms with Crippen LogP contribution in [0.4, 0.5) is 0 Å². The summed E-state index contributed by atoms with van der Waals surface area (Å²) in [6.45, 7) is 5.88. The van der Waals surface area contributed by atoms with Gasteiger partial charge in [-0.25, -0.2) is 0 Å². The quantitative estimate of drug-likeness (QED) is 0.508. The van der Waals surface area contributed by atoms with Crippen molar-refractivity contribution in [2.45, 2.75) is 51.7 Å². The Balaban J connectivity index is 1.88. The number of hydrogen-bond acceptors (Lipinski definition) is 5. The fourth-order valence-electron chi connectivity index (χ4n) is 3.71. The molecule has 0 bridgehead atoms. The average Bonchev–Trinajstić information content (AvgIpc) is 3.45. The van der Waals surface area contributed by atoms with Gasteiger partial charge in [-0.1, -0.05) is 35.9 Å². The van der Waals surface area contributed by atoms with Crippen LogP contribution in [-0.2, 0) is 25.7 Å². The molecule has 1 saturated heterocycles. The number of rotatable bonds is 11. The zero-order valence-electron chi connectivity index (χ0n) is 18.6. The van der Waals surface area contributed by atoms with Crippen LogP contribution in [0, 0.1) is 6.92 Å². The van der Waals surface area contributed by atoms with E-state index >= 15 is 0 Å². The van der Waals surface area contributed by atoms with Crippen molar-refractivity contribution in [3.63, 3.8) is 0 Å². The molecule has 0 radical (unpaired) electrons. The highest BCUT2D eigenvalue weighted by molar-refractivity contribution is 7.09. The normalized spacial score (nSPS) is 16.4. The zero-order valence-corrected chi connectivity index (χ0v) is 19.5. The van der Waals surface area contributed by atoms with Crippen LogP contribution >= 0.6 is 11.3 Å². The maximum Gasteiger partial charge on any atom is 0.247 e. The molecule has 2 N–H and O–H groups in total. The summed E-state index contributed by atoms with van der Waals surface area (Å²) in [6.07, 6.45) is 1.45. The van der Waals surface area contributed by atoms with E-state index in [1.807, 2.05) is 55.6 Å². The van der Waals surface area contributed by atoms with Crippen LogP contribution in [0.2, 0.25) is 0 Å². The SMILES string of the molecule is CCOCCCNC(=O)[C@@H](c1ccc(C)cc1)N(Cc1cccs1)C(=O)[C@H]1CCC(=O)N1. The van der Waals surface area contributed by atoms with E-state index in [2.05, 4.69) is 10.6 Å². The van der Waals surface area contributed by atoms with Gasteiger partial charge in [0.1, 0.15) is 12.1 Å². The number of thiophene rings is 1. The molecule has 7 nitrogen and oxygen atoms in total. The average molecular weight is 458 g/mol. The molecule has 0 spiro atoms. The summed E-state index contributed by atoms with van der Waals surface area (Å²) in [5.74, 6) is -0.606. The van der Waals surface area contributed by atoms with Crippen molar-refractivity contribution in [1.29, 1.82) is 0 Å². The summed E-state index contributed by atoms with van der Waals surface area (Å²) in [4.78, 5) is 41.3. The molecule has 3 rings (SSSR count). The van der Waals surface area contributed by atoms with Crippen molar-refractivity contribution < 1.29 is 19.1 Å². The lowest BCUT2D eigenvalue weighted by Crippen LogP contribution is -2.49. The third-order valence-electron chi connectivity index (χ3n) is 5.40. The molecule has 0 unspecified atom stereocenters. The summed E-state index contributed by atoms with van der Waals surface area (Å²) < 4.78 is 5.35. The number of hydrogen-bond donors (Lipinski definition) is 2. The molecule has 1 aromatic heterocycles. The van der Waals surface area contributed by atoms with E-state index in [1.54, 1.807) is 4.90 Å². The number of carbonyl (C=O) groups is 3. The lowest BCUT2D eigenvalue weighted by Gasteiger charge is -2.33. The Bertz CT molecular complexity index is 898. The maximum atomic E-state index is 13.5. The molecular formula is C24H31N3O4S. The van der Waals surface area contributed by atoms with Crippen molar-refractivity contribution >= 4 is 29.1 Å². The summed E-state index contributed by atoms with van der Waals surface area (Å²) in [5, 5.41) is 7.68. The molecule has 0 saturated carbocycles. The van der Waals surface area contributed by atoms with Gasteiger partial charge in [-0.15, -0.1) is 11.3 Å². The third kappa shape index (κ3) is 6.40. The van der Waals surface area contributed by atoms with E-state index < -0.39 is 12.1 Å². The monoisotopic (exact) mass is 457 g/mol. The summed E-state index contributed by atoms with van der Waals surface area (Å²) in [6, 6.07) is 10.1. The van der Waals surface area contributed by atoms with Crippen LogP contribution in [0.5, 0.6) is 0 Å². The van der Waals surface area contributed by atoms with E-state index in [-0.39, 0.29) is 17.7 Å². The Morgan fingerprint density at radius 1 is 1.28 bits per heavy atom. The topological polar surface area (TPSA) is 87.7 Å². The molecule has 0 aliphatic carbocycles. The minimum absolute atomic E-state index is 0.133. The van der Waals surface area contributed by atoms with Gasteiger partial charge >= 0.3 is 0 Å². The lowest BCUT2D eigenvalue weighted by molar-refractivity contribution is -0.143. The Morgan fingerprint density at radius 2 is 2.06 bits per heavy atom. The van der Waals surface area contributed by atoms with Gasteiger partial charge < -0.3 is 20.3 Å². The second-order valence-electron chi connectivity index (χ2n) is 7.86. The van der Waals surface area contributed by atoms with Gasteiger partial charge in [-0.3, -0.25) is 14.4 Å². The summed E-state index contributed by atoms with van der Waals surface area (Å²) in [7, 11) is 0. The van der Waals surface area contributed by atoms with Gasteiger partial charge in [0.15, 0.2) is 0 Å². The minimum atomic E-state index is -0.796. The van der Waals surface area contributed by atoms with Gasteiger partial charge in [0.05, 0.1) is 6.54 Å². The molecule has 1 aliphatic rings. The van der Waals surface area contributed by atoms with Crippen LogP contribution in [0.1, 0.15) is 48.2 Å². The van der Waals surface area contributed by atoms with Gasteiger partial charge in [0.2, 0.25) is 17.7 Å². The first kappa shape index (κ1) is 23.9. The molecule has 172 valence electrons. The largest absolute Gasteiger partial charge is 0.382 e. The highest BCUT2D eigenvalue weighted by Gasteiger charge is 2.37. The van der Waals surface area contributed by atoms with E-state index in [0.717, 1.165) is 16.0 Å². The standard InChI is InChI=1S/C24H31N3O4S/c1-3-31-14-5-13-25-23(29)22(18-9-7-17(2)8-10-18)27(16-19-6-4-15-32-19)24(30)20-11-12-21(28)26-20/h4,6-10,15,20,22H,3,5,11-14,16H2,1-2H3,(H,25,29)(H,26,28)/t20-,22-/m1/s1. The van der Waals surface area contributed by atoms with Crippen molar-refractivity contribution in [2.24, 2.45) is 0 Å². The number of amides is 3. The molecule has 2 aromatic rings. The molecule has 1 aliphatic heterocycles. The first-order valence-electron chi connectivity index (χ1n) is 11.0. The smallest absolute Gasteiger partial charge is 0.247 e. The van der Waals surface area contributed by atoms with Crippen LogP contribution in [0.15, 0.2) is 41.8 Å². The maximum absolute atomic E-state index is 13.5. The zero-order chi connectivity index (χ0) is 22.9. The first-order valence-corrected chi connectivity index (χ1v) is 11.9. The molecule has 8 heteroatoms.